The summed E-state index contributed by atoms with van der Waals surface area (Å²) in [6, 6.07) is 5.46. The van der Waals surface area contributed by atoms with Crippen molar-refractivity contribution in [3.8, 4) is 11.3 Å². The fraction of sp³-hybridized carbons (Fsp3) is 0.231. The second-order valence-corrected chi connectivity index (χ2v) is 5.27. The summed E-state index contributed by atoms with van der Waals surface area (Å²) in [5.74, 6) is 0. The van der Waals surface area contributed by atoms with E-state index in [1.807, 2.05) is 18.3 Å². The third kappa shape index (κ3) is 3.22. The predicted octanol–water partition coefficient (Wildman–Crippen LogP) is 2.93. The molecule has 0 aliphatic carbocycles. The molecule has 0 atom stereocenters. The first-order valence-corrected chi connectivity index (χ1v) is 7.16. The van der Waals surface area contributed by atoms with Gasteiger partial charge in [-0.05, 0) is 12.5 Å². The molecular weight excluding hydrogens is 311 g/mol. The zero-order chi connectivity index (χ0) is 14.7. The quantitative estimate of drug-likeness (QED) is 0.724. The Labute approximate surface area is 131 Å². The third-order valence-electron chi connectivity index (χ3n) is 3.01. The van der Waals surface area contributed by atoms with E-state index in [1.54, 1.807) is 21.8 Å². The van der Waals surface area contributed by atoms with Crippen LogP contribution >= 0.6 is 23.2 Å². The minimum atomic E-state index is 0.494. The zero-order valence-corrected chi connectivity index (χ0v) is 12.5. The van der Waals surface area contributed by atoms with E-state index in [0.717, 1.165) is 25.1 Å². The highest BCUT2D eigenvalue weighted by molar-refractivity contribution is 6.43. The van der Waals surface area contributed by atoms with Gasteiger partial charge in [0.05, 0.1) is 16.2 Å². The van der Waals surface area contributed by atoms with Gasteiger partial charge in [0.15, 0.2) is 0 Å². The average molecular weight is 323 g/mol. The minimum Gasteiger partial charge on any atom is -0.253 e. The number of halogens is 2. The van der Waals surface area contributed by atoms with Crippen LogP contribution in [0.1, 0.15) is 6.42 Å². The van der Waals surface area contributed by atoms with Crippen LogP contribution in [-0.4, -0.2) is 29.8 Å². The Morgan fingerprint density at radius 3 is 2.76 bits per heavy atom. The molecule has 0 aliphatic rings. The Balaban J connectivity index is 1.67. The van der Waals surface area contributed by atoms with Gasteiger partial charge in [0.25, 0.3) is 0 Å². The Morgan fingerprint density at radius 2 is 1.95 bits per heavy atom. The maximum Gasteiger partial charge on any atom is 0.137 e. The molecule has 0 amide bonds. The van der Waals surface area contributed by atoms with Gasteiger partial charge in [0, 0.05) is 18.7 Å². The summed E-state index contributed by atoms with van der Waals surface area (Å²) in [6.45, 7) is 1.53. The summed E-state index contributed by atoms with van der Waals surface area (Å²) in [6.07, 6.45) is 5.96. The molecule has 0 spiro atoms. The maximum atomic E-state index is 6.18. The number of aryl methyl sites for hydroxylation is 2. The van der Waals surface area contributed by atoms with Crippen molar-refractivity contribution in [2.24, 2.45) is 0 Å². The molecule has 0 fully saturated rings. The molecule has 0 radical (unpaired) electrons. The molecule has 6 nitrogen and oxygen atoms in total. The van der Waals surface area contributed by atoms with Crippen LogP contribution in [0.15, 0.2) is 37.1 Å². The molecule has 3 rings (SSSR count). The lowest BCUT2D eigenvalue weighted by atomic mass is 10.2. The van der Waals surface area contributed by atoms with E-state index >= 15 is 0 Å². The van der Waals surface area contributed by atoms with Crippen LogP contribution in [0.25, 0.3) is 11.3 Å². The molecule has 8 heteroatoms. The van der Waals surface area contributed by atoms with Crippen molar-refractivity contribution < 1.29 is 0 Å². The lowest BCUT2D eigenvalue weighted by molar-refractivity contribution is 0.491. The lowest BCUT2D eigenvalue weighted by Gasteiger charge is -2.02. The topological polar surface area (TPSA) is 61.4 Å². The van der Waals surface area contributed by atoms with E-state index in [-0.39, 0.29) is 0 Å². The van der Waals surface area contributed by atoms with Gasteiger partial charge in [-0.1, -0.05) is 40.5 Å². The van der Waals surface area contributed by atoms with Crippen LogP contribution in [0.3, 0.4) is 0 Å². The number of aromatic nitrogens is 6. The Morgan fingerprint density at radius 1 is 1.10 bits per heavy atom. The van der Waals surface area contributed by atoms with Gasteiger partial charge in [-0.3, -0.25) is 9.36 Å². The molecule has 0 aliphatic heterocycles. The summed E-state index contributed by atoms with van der Waals surface area (Å²) >= 11 is 12.2. The SMILES string of the molecule is Clc1cccc(-c2cn(CCCn3cncn3)nn2)c1Cl. The van der Waals surface area contributed by atoms with Gasteiger partial charge >= 0.3 is 0 Å². The van der Waals surface area contributed by atoms with Gasteiger partial charge in [0.2, 0.25) is 0 Å². The second kappa shape index (κ2) is 6.24. The number of nitrogens with zero attached hydrogens (tertiary/aromatic N) is 6. The van der Waals surface area contributed by atoms with E-state index < -0.39 is 0 Å². The molecule has 3 aromatic rings. The van der Waals surface area contributed by atoms with Crippen molar-refractivity contribution in [2.75, 3.05) is 0 Å². The highest BCUT2D eigenvalue weighted by Gasteiger charge is 2.10. The molecule has 0 saturated heterocycles. The van der Waals surface area contributed by atoms with E-state index in [4.69, 9.17) is 23.2 Å². The molecular formula is C13H12Cl2N6. The normalized spacial score (nSPS) is 11.0. The molecule has 0 N–H and O–H groups in total. The van der Waals surface area contributed by atoms with E-state index in [1.165, 1.54) is 6.33 Å². The third-order valence-corrected chi connectivity index (χ3v) is 3.83. The van der Waals surface area contributed by atoms with Gasteiger partial charge in [-0.15, -0.1) is 5.10 Å². The van der Waals surface area contributed by atoms with Crippen LogP contribution in [0.5, 0.6) is 0 Å². The number of rotatable bonds is 5. The summed E-state index contributed by atoms with van der Waals surface area (Å²) in [4.78, 5) is 3.90. The smallest absolute Gasteiger partial charge is 0.137 e. The molecule has 1 aromatic carbocycles. The number of hydrogen-bond donors (Lipinski definition) is 0. The van der Waals surface area contributed by atoms with Crippen molar-refractivity contribution in [3.05, 3.63) is 47.1 Å². The molecule has 21 heavy (non-hydrogen) atoms. The monoisotopic (exact) mass is 322 g/mol. The van der Waals surface area contributed by atoms with Crippen molar-refractivity contribution in [3.63, 3.8) is 0 Å². The van der Waals surface area contributed by atoms with Crippen LogP contribution in [0.2, 0.25) is 10.0 Å². The summed E-state index contributed by atoms with van der Waals surface area (Å²) < 4.78 is 3.56. The van der Waals surface area contributed by atoms with Gasteiger partial charge in [-0.25, -0.2) is 4.98 Å². The van der Waals surface area contributed by atoms with Crippen molar-refractivity contribution >= 4 is 23.2 Å². The van der Waals surface area contributed by atoms with Gasteiger partial charge in [-0.2, -0.15) is 5.10 Å². The molecule has 0 bridgehead atoms. The van der Waals surface area contributed by atoms with Crippen LogP contribution in [0, 0.1) is 0 Å². The van der Waals surface area contributed by atoms with Crippen molar-refractivity contribution in [1.82, 2.24) is 29.8 Å². The average Bonchev–Trinajstić information content (AvgIpc) is 3.14. The second-order valence-electron chi connectivity index (χ2n) is 4.48. The Bertz CT molecular complexity index is 722. The fourth-order valence-electron chi connectivity index (χ4n) is 1.98. The first-order chi connectivity index (χ1) is 10.2. The van der Waals surface area contributed by atoms with Gasteiger partial charge in [0.1, 0.15) is 18.3 Å². The Kier molecular flexibility index (Phi) is 4.17. The number of benzene rings is 1. The van der Waals surface area contributed by atoms with Crippen LogP contribution < -0.4 is 0 Å². The van der Waals surface area contributed by atoms with Crippen LogP contribution in [-0.2, 0) is 13.1 Å². The molecule has 2 heterocycles. The molecule has 0 unspecified atom stereocenters. The standard InChI is InChI=1S/C13H12Cl2N6/c14-11-4-1-3-10(13(11)15)12-7-20(19-18-12)5-2-6-21-9-16-8-17-21/h1,3-4,7-9H,2,5-6H2. The van der Waals surface area contributed by atoms with E-state index in [9.17, 15) is 0 Å². The Hall–Kier alpha value is -1.92. The molecule has 2 aromatic heterocycles. The summed E-state index contributed by atoms with van der Waals surface area (Å²) in [5.41, 5.74) is 1.50. The minimum absolute atomic E-state index is 0.494. The van der Waals surface area contributed by atoms with Crippen LogP contribution in [0.4, 0.5) is 0 Å². The molecule has 108 valence electrons. The van der Waals surface area contributed by atoms with Crippen molar-refractivity contribution in [1.29, 1.82) is 0 Å². The maximum absolute atomic E-state index is 6.18. The lowest BCUT2D eigenvalue weighted by Crippen LogP contribution is -2.05. The van der Waals surface area contributed by atoms with E-state index in [2.05, 4.69) is 20.4 Å². The van der Waals surface area contributed by atoms with E-state index in [0.29, 0.717) is 15.7 Å². The summed E-state index contributed by atoms with van der Waals surface area (Å²) in [7, 11) is 0. The first kappa shape index (κ1) is 14.0. The zero-order valence-electron chi connectivity index (χ0n) is 11.0. The van der Waals surface area contributed by atoms with Gasteiger partial charge < -0.3 is 0 Å². The fourth-order valence-corrected chi connectivity index (χ4v) is 2.37. The number of hydrogen-bond acceptors (Lipinski definition) is 4. The van der Waals surface area contributed by atoms with Crippen molar-refractivity contribution in [2.45, 2.75) is 19.5 Å². The largest absolute Gasteiger partial charge is 0.253 e. The highest BCUT2D eigenvalue weighted by atomic mass is 35.5. The molecule has 0 saturated carbocycles. The summed E-state index contributed by atoms with van der Waals surface area (Å²) in [5, 5.41) is 13.3. The first-order valence-electron chi connectivity index (χ1n) is 6.41. The predicted molar refractivity (Wildman–Crippen MR) is 80.1 cm³/mol. The highest BCUT2D eigenvalue weighted by Crippen LogP contribution is 2.31.